The molecule has 3 rings (SSSR count). The fraction of sp³-hybridized carbons (Fsp3) is 0.154. The van der Waals surface area contributed by atoms with Crippen molar-refractivity contribution in [3.63, 3.8) is 0 Å². The Balaban J connectivity index is 2.31. The van der Waals surface area contributed by atoms with E-state index in [1.807, 2.05) is 29.7 Å². The number of rotatable bonds is 2. The van der Waals surface area contributed by atoms with Crippen molar-refractivity contribution in [2.75, 3.05) is 0 Å². The lowest BCUT2D eigenvalue weighted by atomic mass is 10.3. The minimum Gasteiger partial charge on any atom is -0.322 e. The van der Waals surface area contributed by atoms with Gasteiger partial charge in [0.1, 0.15) is 11.6 Å². The van der Waals surface area contributed by atoms with Crippen LogP contribution < -0.4 is 5.73 Å². The van der Waals surface area contributed by atoms with Crippen molar-refractivity contribution in [2.24, 2.45) is 5.73 Å². The van der Waals surface area contributed by atoms with Gasteiger partial charge in [0.25, 0.3) is 0 Å². The third kappa shape index (κ3) is 2.07. The summed E-state index contributed by atoms with van der Waals surface area (Å²) in [6.07, 6.45) is 3.31. The van der Waals surface area contributed by atoms with Crippen LogP contribution >= 0.6 is 11.6 Å². The topological polar surface area (TPSA) is 69.6 Å². The van der Waals surface area contributed by atoms with E-state index < -0.39 is 0 Å². The summed E-state index contributed by atoms with van der Waals surface area (Å²) in [4.78, 5) is 13.0. The molecule has 6 heteroatoms. The first-order valence-electron chi connectivity index (χ1n) is 5.87. The summed E-state index contributed by atoms with van der Waals surface area (Å²) in [5.41, 5.74) is 7.52. The van der Waals surface area contributed by atoms with Crippen LogP contribution in [0.15, 0.2) is 36.7 Å². The highest BCUT2D eigenvalue weighted by atomic mass is 35.5. The number of halogens is 1. The van der Waals surface area contributed by atoms with E-state index in [4.69, 9.17) is 17.3 Å². The van der Waals surface area contributed by atoms with Gasteiger partial charge in [-0.05, 0) is 31.2 Å². The maximum absolute atomic E-state index is 5.98. The SMILES string of the molecule is CC(N)c1nc2ncccc2n1-c1ccc(Cl)cn1. The van der Waals surface area contributed by atoms with E-state index in [1.165, 1.54) is 0 Å². The van der Waals surface area contributed by atoms with Crippen molar-refractivity contribution < 1.29 is 0 Å². The number of pyridine rings is 2. The fourth-order valence-corrected chi connectivity index (χ4v) is 2.09. The minimum absolute atomic E-state index is 0.216. The first-order chi connectivity index (χ1) is 9.16. The van der Waals surface area contributed by atoms with Gasteiger partial charge in [-0.2, -0.15) is 0 Å². The van der Waals surface area contributed by atoms with Gasteiger partial charge in [-0.25, -0.2) is 15.0 Å². The summed E-state index contributed by atoms with van der Waals surface area (Å²) in [6.45, 7) is 1.88. The third-order valence-corrected chi connectivity index (χ3v) is 3.03. The average Bonchev–Trinajstić information content (AvgIpc) is 2.79. The molecule has 2 N–H and O–H groups in total. The van der Waals surface area contributed by atoms with E-state index in [9.17, 15) is 0 Å². The summed E-state index contributed by atoms with van der Waals surface area (Å²) in [6, 6.07) is 7.21. The first kappa shape index (κ1) is 12.1. The molecule has 0 aliphatic heterocycles. The predicted octanol–water partition coefficient (Wildman–Crippen LogP) is 2.49. The fourth-order valence-electron chi connectivity index (χ4n) is 1.98. The number of hydrogen-bond donors (Lipinski definition) is 1. The van der Waals surface area contributed by atoms with Crippen LogP contribution in [0.4, 0.5) is 0 Å². The quantitative estimate of drug-likeness (QED) is 0.779. The molecule has 0 spiro atoms. The zero-order valence-corrected chi connectivity index (χ0v) is 11.0. The summed E-state index contributed by atoms with van der Waals surface area (Å²) in [5, 5.41) is 0.591. The molecular weight excluding hydrogens is 262 g/mol. The Kier molecular flexibility index (Phi) is 2.93. The smallest absolute Gasteiger partial charge is 0.178 e. The lowest BCUT2D eigenvalue weighted by Gasteiger charge is -2.10. The largest absolute Gasteiger partial charge is 0.322 e. The van der Waals surface area contributed by atoms with Crippen molar-refractivity contribution in [1.82, 2.24) is 19.5 Å². The number of fused-ring (bicyclic) bond motifs is 1. The molecule has 3 heterocycles. The Morgan fingerprint density at radius 1 is 1.26 bits per heavy atom. The molecule has 5 nitrogen and oxygen atoms in total. The normalized spacial score (nSPS) is 12.8. The third-order valence-electron chi connectivity index (χ3n) is 2.80. The zero-order chi connectivity index (χ0) is 13.4. The van der Waals surface area contributed by atoms with Crippen LogP contribution in [-0.2, 0) is 0 Å². The maximum atomic E-state index is 5.98. The molecule has 0 radical (unpaired) electrons. The Labute approximate surface area is 115 Å². The van der Waals surface area contributed by atoms with Crippen LogP contribution in [-0.4, -0.2) is 19.5 Å². The van der Waals surface area contributed by atoms with Crippen LogP contribution in [0.5, 0.6) is 0 Å². The van der Waals surface area contributed by atoms with Gasteiger partial charge in [0.2, 0.25) is 0 Å². The molecule has 0 fully saturated rings. The Morgan fingerprint density at radius 3 is 2.79 bits per heavy atom. The number of nitrogens with two attached hydrogens (primary N) is 1. The van der Waals surface area contributed by atoms with Crippen LogP contribution in [0, 0.1) is 0 Å². The number of aromatic nitrogens is 4. The van der Waals surface area contributed by atoms with Crippen LogP contribution in [0.2, 0.25) is 5.02 Å². The summed E-state index contributed by atoms with van der Waals surface area (Å²) >= 11 is 5.87. The molecule has 0 saturated carbocycles. The Hall–Kier alpha value is -1.98. The van der Waals surface area contributed by atoms with Crippen LogP contribution in [0.3, 0.4) is 0 Å². The molecule has 0 bridgehead atoms. The minimum atomic E-state index is -0.216. The molecule has 1 atom stereocenters. The first-order valence-corrected chi connectivity index (χ1v) is 6.25. The Bertz CT molecular complexity index is 717. The number of nitrogens with zero attached hydrogens (tertiary/aromatic N) is 4. The van der Waals surface area contributed by atoms with Gasteiger partial charge in [-0.15, -0.1) is 0 Å². The molecule has 1 unspecified atom stereocenters. The molecular formula is C13H12ClN5. The summed E-state index contributed by atoms with van der Waals surface area (Å²) in [5.74, 6) is 1.45. The van der Waals surface area contributed by atoms with Crippen LogP contribution in [0.1, 0.15) is 18.8 Å². The van der Waals surface area contributed by atoms with E-state index in [2.05, 4.69) is 15.0 Å². The van der Waals surface area contributed by atoms with E-state index in [-0.39, 0.29) is 6.04 Å². The summed E-state index contributed by atoms with van der Waals surface area (Å²) < 4.78 is 1.91. The van der Waals surface area contributed by atoms with Crippen molar-refractivity contribution in [3.05, 3.63) is 47.5 Å². The zero-order valence-electron chi connectivity index (χ0n) is 10.3. The van der Waals surface area contributed by atoms with E-state index in [0.717, 1.165) is 17.2 Å². The van der Waals surface area contributed by atoms with E-state index in [0.29, 0.717) is 10.7 Å². The molecule has 3 aromatic heterocycles. The molecule has 0 amide bonds. The van der Waals surface area contributed by atoms with Gasteiger partial charge in [0, 0.05) is 12.4 Å². The van der Waals surface area contributed by atoms with Crippen molar-refractivity contribution >= 4 is 22.8 Å². The average molecular weight is 274 g/mol. The molecule has 96 valence electrons. The molecule has 0 aliphatic carbocycles. The van der Waals surface area contributed by atoms with Crippen molar-refractivity contribution in [3.8, 4) is 5.82 Å². The highest BCUT2D eigenvalue weighted by molar-refractivity contribution is 6.30. The van der Waals surface area contributed by atoms with Crippen LogP contribution in [0.25, 0.3) is 17.0 Å². The van der Waals surface area contributed by atoms with E-state index >= 15 is 0 Å². The monoisotopic (exact) mass is 273 g/mol. The Morgan fingerprint density at radius 2 is 2.11 bits per heavy atom. The number of imidazole rings is 1. The van der Waals surface area contributed by atoms with E-state index in [1.54, 1.807) is 18.5 Å². The van der Waals surface area contributed by atoms with Gasteiger partial charge >= 0.3 is 0 Å². The standard InChI is InChI=1S/C13H12ClN5/c1-8(15)13-18-12-10(3-2-6-16-12)19(13)11-5-4-9(14)7-17-11/h2-8H,15H2,1H3. The molecule has 19 heavy (non-hydrogen) atoms. The highest BCUT2D eigenvalue weighted by Crippen LogP contribution is 2.22. The molecule has 0 aromatic carbocycles. The maximum Gasteiger partial charge on any atom is 0.178 e. The lowest BCUT2D eigenvalue weighted by molar-refractivity contribution is 0.721. The predicted molar refractivity (Wildman–Crippen MR) is 74.3 cm³/mol. The van der Waals surface area contributed by atoms with Crippen molar-refractivity contribution in [1.29, 1.82) is 0 Å². The van der Waals surface area contributed by atoms with Gasteiger partial charge in [0.05, 0.1) is 16.6 Å². The van der Waals surface area contributed by atoms with Gasteiger partial charge in [-0.3, -0.25) is 4.57 Å². The van der Waals surface area contributed by atoms with Crippen molar-refractivity contribution in [2.45, 2.75) is 13.0 Å². The second kappa shape index (κ2) is 4.60. The molecule has 0 saturated heterocycles. The van der Waals surface area contributed by atoms with Gasteiger partial charge in [0.15, 0.2) is 5.65 Å². The summed E-state index contributed by atoms with van der Waals surface area (Å²) in [7, 11) is 0. The number of hydrogen-bond acceptors (Lipinski definition) is 4. The lowest BCUT2D eigenvalue weighted by Crippen LogP contribution is -2.13. The van der Waals surface area contributed by atoms with Gasteiger partial charge < -0.3 is 5.73 Å². The molecule has 3 aromatic rings. The second-order valence-electron chi connectivity index (χ2n) is 4.27. The van der Waals surface area contributed by atoms with Gasteiger partial charge in [-0.1, -0.05) is 11.6 Å². The molecule has 0 aliphatic rings. The second-order valence-corrected chi connectivity index (χ2v) is 4.71. The highest BCUT2D eigenvalue weighted by Gasteiger charge is 2.16.